The van der Waals surface area contributed by atoms with Gasteiger partial charge in [0.05, 0.1) is 12.2 Å². The lowest BCUT2D eigenvalue weighted by Gasteiger charge is -2.15. The zero-order valence-corrected chi connectivity index (χ0v) is 8.65. The average molecular weight is 185 g/mol. The molecule has 1 aliphatic rings. The fourth-order valence-electron chi connectivity index (χ4n) is 1.23. The summed E-state index contributed by atoms with van der Waals surface area (Å²) >= 11 is 1.29. The molecule has 2 atom stereocenters. The van der Waals surface area contributed by atoms with Crippen LogP contribution in [0.1, 0.15) is 27.2 Å². The zero-order valence-electron chi connectivity index (χ0n) is 7.83. The van der Waals surface area contributed by atoms with E-state index in [9.17, 15) is 0 Å². The Balaban J connectivity index is 2.13. The van der Waals surface area contributed by atoms with Crippen molar-refractivity contribution in [3.63, 3.8) is 0 Å². The van der Waals surface area contributed by atoms with Crippen LogP contribution in [0.3, 0.4) is 0 Å². The van der Waals surface area contributed by atoms with E-state index < -0.39 is 0 Å². The third-order valence-electron chi connectivity index (χ3n) is 1.81. The second-order valence-corrected chi connectivity index (χ2v) is 5.18. The quantitative estimate of drug-likeness (QED) is 0.500. The van der Waals surface area contributed by atoms with E-state index in [0.29, 0.717) is 17.6 Å². The third-order valence-corrected chi connectivity index (χ3v) is 2.44. The van der Waals surface area contributed by atoms with Crippen molar-refractivity contribution >= 4 is 11.8 Å². The summed E-state index contributed by atoms with van der Waals surface area (Å²) in [4.78, 5) is 0. The zero-order chi connectivity index (χ0) is 9.19. The Bertz CT molecular complexity index is 192. The number of ether oxygens (including phenoxy) is 1. The molecule has 0 unspecified atom stereocenters. The molecule has 0 aromatic rings. The van der Waals surface area contributed by atoms with Crippen molar-refractivity contribution in [3.8, 4) is 5.40 Å². The molecule has 0 aromatic heterocycles. The van der Waals surface area contributed by atoms with E-state index in [1.165, 1.54) is 11.8 Å². The highest BCUT2D eigenvalue weighted by molar-refractivity contribution is 8.03. The molecule has 0 aromatic carbocycles. The van der Waals surface area contributed by atoms with E-state index in [4.69, 9.17) is 10.00 Å². The topological polar surface area (TPSA) is 36.3 Å². The smallest absolute Gasteiger partial charge is 0.133 e. The number of hydrogen-bond donors (Lipinski definition) is 0. The van der Waals surface area contributed by atoms with Gasteiger partial charge in [0.1, 0.15) is 5.40 Å². The van der Waals surface area contributed by atoms with Crippen molar-refractivity contribution in [1.29, 1.82) is 5.26 Å². The van der Waals surface area contributed by atoms with Crippen LogP contribution in [0.2, 0.25) is 0 Å². The number of thiocyanates is 1. The molecule has 1 aliphatic heterocycles. The Morgan fingerprint density at radius 3 is 2.58 bits per heavy atom. The lowest BCUT2D eigenvalue weighted by molar-refractivity contribution is 0.295. The second kappa shape index (κ2) is 3.68. The van der Waals surface area contributed by atoms with Crippen molar-refractivity contribution in [2.24, 2.45) is 5.41 Å². The fraction of sp³-hybridized carbons (Fsp3) is 0.889. The van der Waals surface area contributed by atoms with Crippen LogP contribution in [0.15, 0.2) is 0 Å². The van der Waals surface area contributed by atoms with Crippen LogP contribution < -0.4 is 0 Å². The number of nitrogens with zero attached hydrogens (tertiary/aromatic N) is 1. The van der Waals surface area contributed by atoms with Gasteiger partial charge in [-0.3, -0.25) is 0 Å². The molecule has 0 spiro atoms. The SMILES string of the molecule is CC(C)(C)C[C@H]1O[C@H]1CSC#N. The van der Waals surface area contributed by atoms with Crippen molar-refractivity contribution in [1.82, 2.24) is 0 Å². The van der Waals surface area contributed by atoms with Gasteiger partial charge in [-0.25, -0.2) is 0 Å². The number of thioether (sulfide) groups is 1. The van der Waals surface area contributed by atoms with Crippen molar-refractivity contribution in [2.45, 2.75) is 39.4 Å². The Morgan fingerprint density at radius 2 is 2.08 bits per heavy atom. The molecule has 1 saturated heterocycles. The van der Waals surface area contributed by atoms with E-state index in [2.05, 4.69) is 26.2 Å². The first-order valence-electron chi connectivity index (χ1n) is 4.19. The van der Waals surface area contributed by atoms with Gasteiger partial charge in [-0.15, -0.1) is 0 Å². The van der Waals surface area contributed by atoms with Crippen LogP contribution in [0, 0.1) is 16.1 Å². The van der Waals surface area contributed by atoms with Gasteiger partial charge in [0.25, 0.3) is 0 Å². The van der Waals surface area contributed by atoms with Crippen LogP contribution in [0.4, 0.5) is 0 Å². The fourth-order valence-corrected chi connectivity index (χ4v) is 1.76. The molecule has 0 aliphatic carbocycles. The van der Waals surface area contributed by atoms with Crippen LogP contribution in [0.5, 0.6) is 0 Å². The van der Waals surface area contributed by atoms with Crippen molar-refractivity contribution in [2.75, 3.05) is 5.75 Å². The molecule has 0 bridgehead atoms. The third kappa shape index (κ3) is 3.46. The van der Waals surface area contributed by atoms with Gasteiger partial charge >= 0.3 is 0 Å². The summed E-state index contributed by atoms with van der Waals surface area (Å²) in [5.74, 6) is 0.831. The van der Waals surface area contributed by atoms with Crippen molar-refractivity contribution in [3.05, 3.63) is 0 Å². The first-order valence-corrected chi connectivity index (χ1v) is 5.18. The van der Waals surface area contributed by atoms with Gasteiger partial charge < -0.3 is 4.74 Å². The summed E-state index contributed by atoms with van der Waals surface area (Å²) in [6.07, 6.45) is 1.85. The molecule has 1 heterocycles. The Kier molecular flexibility index (Phi) is 3.03. The van der Waals surface area contributed by atoms with E-state index >= 15 is 0 Å². The maximum absolute atomic E-state index is 8.32. The Labute approximate surface area is 78.3 Å². The summed E-state index contributed by atoms with van der Waals surface area (Å²) in [6, 6.07) is 0. The maximum atomic E-state index is 8.32. The highest BCUT2D eigenvalue weighted by atomic mass is 32.2. The van der Waals surface area contributed by atoms with Crippen LogP contribution in [0.25, 0.3) is 0 Å². The van der Waals surface area contributed by atoms with Gasteiger partial charge in [-0.1, -0.05) is 20.8 Å². The van der Waals surface area contributed by atoms with Gasteiger partial charge in [-0.05, 0) is 23.6 Å². The minimum Gasteiger partial charge on any atom is -0.369 e. The largest absolute Gasteiger partial charge is 0.369 e. The second-order valence-electron chi connectivity index (χ2n) is 4.38. The summed E-state index contributed by atoms with van der Waals surface area (Å²) in [7, 11) is 0. The van der Waals surface area contributed by atoms with Crippen LogP contribution in [-0.2, 0) is 4.74 Å². The molecule has 12 heavy (non-hydrogen) atoms. The average Bonchev–Trinajstić information content (AvgIpc) is 2.60. The number of nitriles is 1. The van der Waals surface area contributed by atoms with Gasteiger partial charge in [0.15, 0.2) is 0 Å². The Morgan fingerprint density at radius 1 is 1.42 bits per heavy atom. The van der Waals surface area contributed by atoms with Gasteiger partial charge in [0, 0.05) is 5.75 Å². The van der Waals surface area contributed by atoms with E-state index in [-0.39, 0.29) is 0 Å². The minimum atomic E-state index is 0.342. The van der Waals surface area contributed by atoms with Crippen LogP contribution in [-0.4, -0.2) is 18.0 Å². The van der Waals surface area contributed by atoms with Gasteiger partial charge in [-0.2, -0.15) is 5.26 Å². The molecule has 0 amide bonds. The molecule has 1 fully saturated rings. The monoisotopic (exact) mass is 185 g/mol. The van der Waals surface area contributed by atoms with E-state index in [1.807, 2.05) is 0 Å². The number of epoxide rings is 1. The molecule has 68 valence electrons. The number of hydrogen-bond acceptors (Lipinski definition) is 3. The predicted molar refractivity (Wildman–Crippen MR) is 50.8 cm³/mol. The normalized spacial score (nSPS) is 28.2. The lowest BCUT2D eigenvalue weighted by atomic mass is 9.90. The summed E-state index contributed by atoms with van der Waals surface area (Å²) < 4.78 is 5.42. The molecule has 0 N–H and O–H groups in total. The van der Waals surface area contributed by atoms with Crippen molar-refractivity contribution < 1.29 is 4.74 Å². The van der Waals surface area contributed by atoms with E-state index in [1.54, 1.807) is 0 Å². The van der Waals surface area contributed by atoms with Crippen LogP contribution >= 0.6 is 11.8 Å². The predicted octanol–water partition coefficient (Wildman–Crippen LogP) is 2.40. The molecular formula is C9H15NOS. The highest BCUT2D eigenvalue weighted by Gasteiger charge is 2.40. The molecule has 1 rings (SSSR count). The molecule has 2 nitrogen and oxygen atoms in total. The maximum Gasteiger partial charge on any atom is 0.133 e. The minimum absolute atomic E-state index is 0.342. The molecule has 3 heteroatoms. The molecule has 0 radical (unpaired) electrons. The lowest BCUT2D eigenvalue weighted by Crippen LogP contribution is -2.10. The molecule has 0 saturated carbocycles. The highest BCUT2D eigenvalue weighted by Crippen LogP contribution is 2.35. The van der Waals surface area contributed by atoms with Gasteiger partial charge in [0.2, 0.25) is 0 Å². The first-order chi connectivity index (χ1) is 5.53. The standard InChI is InChI=1S/C9H15NOS/c1-9(2,3)4-7-8(11-7)5-12-6-10/h7-8H,4-5H2,1-3H3/t7-,8+/m1/s1. The molecular weight excluding hydrogens is 170 g/mol. The summed E-state index contributed by atoms with van der Waals surface area (Å²) in [6.45, 7) is 6.63. The summed E-state index contributed by atoms with van der Waals surface area (Å²) in [5.41, 5.74) is 0.344. The Hall–Kier alpha value is -0.200. The first kappa shape index (κ1) is 9.88. The summed E-state index contributed by atoms with van der Waals surface area (Å²) in [5, 5.41) is 10.4. The number of rotatable bonds is 3. The van der Waals surface area contributed by atoms with E-state index in [0.717, 1.165) is 12.2 Å².